The Morgan fingerprint density at radius 3 is 2.55 bits per heavy atom. The van der Waals surface area contributed by atoms with Crippen LogP contribution in [0.25, 0.3) is 0 Å². The summed E-state index contributed by atoms with van der Waals surface area (Å²) in [5.74, 6) is -0.589. The molecule has 2 aromatic rings. The lowest BCUT2D eigenvalue weighted by atomic mass is 10.1. The lowest BCUT2D eigenvalue weighted by Crippen LogP contribution is -2.49. The van der Waals surface area contributed by atoms with E-state index in [2.05, 4.69) is 15.1 Å². The van der Waals surface area contributed by atoms with E-state index in [1.54, 1.807) is 6.92 Å². The Balaban J connectivity index is 1.51. The number of para-hydroxylation sites is 2. The van der Waals surface area contributed by atoms with E-state index in [1.807, 2.05) is 31.2 Å². The van der Waals surface area contributed by atoms with Crippen LogP contribution >= 0.6 is 0 Å². The van der Waals surface area contributed by atoms with Gasteiger partial charge in [-0.05, 0) is 32.0 Å². The van der Waals surface area contributed by atoms with Crippen LogP contribution in [-0.4, -0.2) is 50.1 Å². The van der Waals surface area contributed by atoms with Gasteiger partial charge < -0.3 is 15.0 Å². The van der Waals surface area contributed by atoms with Crippen LogP contribution in [0.2, 0.25) is 0 Å². The summed E-state index contributed by atoms with van der Waals surface area (Å²) in [5, 5.41) is 2.80. The lowest BCUT2D eigenvalue weighted by Gasteiger charge is -2.36. The molecule has 0 bridgehead atoms. The van der Waals surface area contributed by atoms with Crippen molar-refractivity contribution >= 4 is 11.6 Å². The summed E-state index contributed by atoms with van der Waals surface area (Å²) in [4.78, 5) is 16.7. The maximum Gasteiger partial charge on any atom is 0.234 e. The first-order valence-electron chi connectivity index (χ1n) is 9.91. The molecule has 3 rings (SSSR count). The molecule has 1 fully saturated rings. The summed E-state index contributed by atoms with van der Waals surface area (Å²) in [6.45, 7) is 7.58. The van der Waals surface area contributed by atoms with Gasteiger partial charge in [-0.3, -0.25) is 9.69 Å². The number of amides is 1. The number of carbonyl (C=O) groups is 1. The second kappa shape index (κ2) is 9.69. The van der Waals surface area contributed by atoms with E-state index in [4.69, 9.17) is 4.74 Å². The molecule has 2 aromatic carbocycles. The zero-order valence-corrected chi connectivity index (χ0v) is 16.8. The summed E-state index contributed by atoms with van der Waals surface area (Å²) in [7, 11) is 0. The van der Waals surface area contributed by atoms with Crippen molar-refractivity contribution in [3.05, 3.63) is 59.7 Å². The molecule has 1 N–H and O–H groups in total. The van der Waals surface area contributed by atoms with E-state index in [-0.39, 0.29) is 18.0 Å². The number of nitrogens with zero attached hydrogens (tertiary/aromatic N) is 2. The number of anilines is 1. The van der Waals surface area contributed by atoms with Crippen LogP contribution in [0.5, 0.6) is 5.75 Å². The summed E-state index contributed by atoms with van der Waals surface area (Å²) in [6.07, 6.45) is 0. The highest BCUT2D eigenvalue weighted by Crippen LogP contribution is 2.28. The fourth-order valence-electron chi connectivity index (χ4n) is 3.56. The van der Waals surface area contributed by atoms with Crippen molar-refractivity contribution in [1.82, 2.24) is 10.2 Å². The molecule has 5 nitrogen and oxygen atoms in total. The number of carbonyl (C=O) groups excluding carboxylic acids is 1. The Labute approximate surface area is 170 Å². The van der Waals surface area contributed by atoms with Crippen LogP contribution < -0.4 is 15.0 Å². The fourth-order valence-corrected chi connectivity index (χ4v) is 3.56. The summed E-state index contributed by atoms with van der Waals surface area (Å²) >= 11 is 0. The minimum atomic E-state index is -0.653. The van der Waals surface area contributed by atoms with Crippen molar-refractivity contribution in [2.45, 2.75) is 19.9 Å². The zero-order chi connectivity index (χ0) is 20.8. The van der Waals surface area contributed by atoms with Gasteiger partial charge in [0.15, 0.2) is 0 Å². The molecule has 0 aliphatic carbocycles. The van der Waals surface area contributed by atoms with Gasteiger partial charge in [0.1, 0.15) is 17.4 Å². The molecule has 1 heterocycles. The third-order valence-corrected chi connectivity index (χ3v) is 5.05. The van der Waals surface area contributed by atoms with Crippen molar-refractivity contribution in [2.75, 3.05) is 44.2 Å². The van der Waals surface area contributed by atoms with E-state index in [1.165, 1.54) is 12.1 Å². The quantitative estimate of drug-likeness (QED) is 0.770. The number of benzene rings is 2. The second-order valence-electron chi connectivity index (χ2n) is 7.12. The van der Waals surface area contributed by atoms with Gasteiger partial charge in [0.2, 0.25) is 5.91 Å². The number of hydrogen-bond acceptors (Lipinski definition) is 4. The van der Waals surface area contributed by atoms with Gasteiger partial charge in [-0.25, -0.2) is 8.78 Å². The van der Waals surface area contributed by atoms with Gasteiger partial charge >= 0.3 is 0 Å². The zero-order valence-electron chi connectivity index (χ0n) is 16.8. The maximum absolute atomic E-state index is 13.9. The number of hydrogen-bond donors (Lipinski definition) is 1. The molecule has 1 atom stereocenters. The van der Waals surface area contributed by atoms with Gasteiger partial charge in [-0.2, -0.15) is 0 Å². The van der Waals surface area contributed by atoms with E-state index in [9.17, 15) is 13.6 Å². The van der Waals surface area contributed by atoms with Gasteiger partial charge in [-0.1, -0.05) is 18.2 Å². The predicted octanol–water partition coefficient (Wildman–Crippen LogP) is 3.36. The third-order valence-electron chi connectivity index (χ3n) is 5.05. The van der Waals surface area contributed by atoms with E-state index in [0.717, 1.165) is 43.7 Å². The molecule has 0 unspecified atom stereocenters. The average molecular weight is 403 g/mol. The molecular formula is C22H27F2N3O2. The highest BCUT2D eigenvalue weighted by Gasteiger charge is 2.22. The molecule has 29 heavy (non-hydrogen) atoms. The van der Waals surface area contributed by atoms with E-state index in [0.29, 0.717) is 6.61 Å². The lowest BCUT2D eigenvalue weighted by molar-refractivity contribution is -0.123. The Morgan fingerprint density at radius 2 is 1.86 bits per heavy atom. The molecule has 7 heteroatoms. The molecule has 0 saturated carbocycles. The third kappa shape index (κ3) is 5.44. The number of piperazine rings is 1. The van der Waals surface area contributed by atoms with E-state index >= 15 is 0 Å². The first-order chi connectivity index (χ1) is 14.0. The van der Waals surface area contributed by atoms with Gasteiger partial charge in [-0.15, -0.1) is 0 Å². The number of nitrogens with one attached hydrogen (secondary N) is 1. The summed E-state index contributed by atoms with van der Waals surface area (Å²) < 4.78 is 32.7. The van der Waals surface area contributed by atoms with Gasteiger partial charge in [0.25, 0.3) is 0 Å². The average Bonchev–Trinajstić information content (AvgIpc) is 2.69. The van der Waals surface area contributed by atoms with E-state index < -0.39 is 17.7 Å². The monoisotopic (exact) mass is 403 g/mol. The van der Waals surface area contributed by atoms with Crippen LogP contribution in [0, 0.1) is 11.6 Å². The van der Waals surface area contributed by atoms with Crippen LogP contribution in [-0.2, 0) is 4.79 Å². The molecule has 1 saturated heterocycles. The Morgan fingerprint density at radius 1 is 1.14 bits per heavy atom. The maximum atomic E-state index is 13.9. The smallest absolute Gasteiger partial charge is 0.234 e. The van der Waals surface area contributed by atoms with Crippen molar-refractivity contribution < 1.29 is 18.3 Å². The summed E-state index contributed by atoms with van der Waals surface area (Å²) in [5.41, 5.74) is 1.34. The molecule has 1 amide bonds. The Bertz CT molecular complexity index is 839. The van der Waals surface area contributed by atoms with Crippen molar-refractivity contribution in [3.8, 4) is 5.75 Å². The molecule has 0 spiro atoms. The Kier molecular flexibility index (Phi) is 7.04. The number of rotatable bonds is 7. The first-order valence-corrected chi connectivity index (χ1v) is 9.91. The molecule has 1 aliphatic rings. The molecule has 0 aromatic heterocycles. The van der Waals surface area contributed by atoms with Crippen LogP contribution in [0.15, 0.2) is 42.5 Å². The minimum absolute atomic E-state index is 0.176. The highest BCUT2D eigenvalue weighted by molar-refractivity contribution is 5.78. The topological polar surface area (TPSA) is 44.8 Å². The fraction of sp³-hybridized carbons (Fsp3) is 0.409. The predicted molar refractivity (Wildman–Crippen MR) is 109 cm³/mol. The molecule has 156 valence electrons. The standard InChI is InChI=1S/C22H27F2N3O2/c1-3-29-21-7-5-4-6-20(21)27-12-10-26(11-13-27)15-22(28)25-16(2)18-9-8-17(23)14-19(18)24/h4-9,14,16H,3,10-13,15H2,1-2H3,(H,25,28)/t16-/m0/s1. The highest BCUT2D eigenvalue weighted by atomic mass is 19.1. The van der Waals surface area contributed by atoms with Crippen molar-refractivity contribution in [3.63, 3.8) is 0 Å². The van der Waals surface area contributed by atoms with Gasteiger partial charge in [0, 0.05) is 37.8 Å². The van der Waals surface area contributed by atoms with Gasteiger partial charge in [0.05, 0.1) is 24.9 Å². The molecule has 0 radical (unpaired) electrons. The van der Waals surface area contributed by atoms with Crippen LogP contribution in [0.3, 0.4) is 0 Å². The minimum Gasteiger partial charge on any atom is -0.492 e. The SMILES string of the molecule is CCOc1ccccc1N1CCN(CC(=O)N[C@@H](C)c2ccc(F)cc2F)CC1. The largest absolute Gasteiger partial charge is 0.492 e. The molecular weight excluding hydrogens is 376 g/mol. The number of ether oxygens (including phenoxy) is 1. The number of halogens is 2. The van der Waals surface area contributed by atoms with Crippen LogP contribution in [0.4, 0.5) is 14.5 Å². The normalized spacial score (nSPS) is 15.8. The first kappa shape index (κ1) is 21.0. The van der Waals surface area contributed by atoms with Crippen molar-refractivity contribution in [2.24, 2.45) is 0 Å². The molecule has 1 aliphatic heterocycles. The second-order valence-corrected chi connectivity index (χ2v) is 7.12. The Hall–Kier alpha value is -2.67. The summed E-state index contributed by atoms with van der Waals surface area (Å²) in [6, 6.07) is 10.8. The van der Waals surface area contributed by atoms with Crippen LogP contribution in [0.1, 0.15) is 25.5 Å². The van der Waals surface area contributed by atoms with Crippen molar-refractivity contribution in [1.29, 1.82) is 0 Å².